The molecule has 0 radical (unpaired) electrons. The lowest BCUT2D eigenvalue weighted by atomic mass is 10.0. The SMILES string of the molecule is O=C(Nc1ccccc1)N1CCC(N2C(=O)COCC2=O)CC1. The van der Waals surface area contributed by atoms with Crippen LogP contribution in [0.4, 0.5) is 10.5 Å². The van der Waals surface area contributed by atoms with E-state index in [2.05, 4.69) is 5.32 Å². The van der Waals surface area contributed by atoms with Crippen molar-refractivity contribution >= 4 is 23.5 Å². The summed E-state index contributed by atoms with van der Waals surface area (Å²) >= 11 is 0. The van der Waals surface area contributed by atoms with Crippen LogP contribution < -0.4 is 5.32 Å². The fourth-order valence-electron chi connectivity index (χ4n) is 2.96. The zero-order valence-electron chi connectivity index (χ0n) is 12.7. The fourth-order valence-corrected chi connectivity index (χ4v) is 2.96. The average molecular weight is 317 g/mol. The van der Waals surface area contributed by atoms with E-state index in [-0.39, 0.29) is 37.1 Å². The van der Waals surface area contributed by atoms with Gasteiger partial charge in [0.2, 0.25) is 0 Å². The number of para-hydroxylation sites is 1. The summed E-state index contributed by atoms with van der Waals surface area (Å²) in [6.07, 6.45) is 1.19. The zero-order valence-corrected chi connectivity index (χ0v) is 12.7. The van der Waals surface area contributed by atoms with Crippen LogP contribution in [0, 0.1) is 0 Å². The second kappa shape index (κ2) is 6.78. The Morgan fingerprint density at radius 3 is 2.26 bits per heavy atom. The van der Waals surface area contributed by atoms with Crippen LogP contribution in [0.2, 0.25) is 0 Å². The minimum atomic E-state index is -0.284. The number of hydrogen-bond acceptors (Lipinski definition) is 4. The second-order valence-electron chi connectivity index (χ2n) is 5.66. The molecule has 1 N–H and O–H groups in total. The van der Waals surface area contributed by atoms with Gasteiger partial charge in [-0.25, -0.2) is 4.79 Å². The van der Waals surface area contributed by atoms with E-state index in [1.165, 1.54) is 4.90 Å². The number of nitrogens with one attached hydrogen (secondary N) is 1. The topological polar surface area (TPSA) is 79.0 Å². The third kappa shape index (κ3) is 3.50. The monoisotopic (exact) mass is 317 g/mol. The number of nitrogens with zero attached hydrogens (tertiary/aromatic N) is 2. The summed E-state index contributed by atoms with van der Waals surface area (Å²) in [7, 11) is 0. The Bertz CT molecular complexity index is 581. The standard InChI is InChI=1S/C16H19N3O4/c20-14-10-23-11-15(21)19(14)13-6-8-18(9-7-13)16(22)17-12-4-2-1-3-5-12/h1-5,13H,6-11H2,(H,17,22). The number of imide groups is 1. The Kier molecular flexibility index (Phi) is 4.57. The molecular weight excluding hydrogens is 298 g/mol. The molecule has 0 aliphatic carbocycles. The summed E-state index contributed by atoms with van der Waals surface area (Å²) in [5, 5.41) is 2.84. The van der Waals surface area contributed by atoms with Crippen molar-refractivity contribution in [2.45, 2.75) is 18.9 Å². The number of likely N-dealkylation sites (tertiary alicyclic amines) is 1. The molecule has 4 amide bonds. The van der Waals surface area contributed by atoms with Crippen molar-refractivity contribution in [2.75, 3.05) is 31.6 Å². The van der Waals surface area contributed by atoms with Gasteiger partial charge in [0.15, 0.2) is 0 Å². The molecule has 2 aliphatic heterocycles. The highest BCUT2D eigenvalue weighted by Gasteiger charge is 2.35. The lowest BCUT2D eigenvalue weighted by Crippen LogP contribution is -2.55. The van der Waals surface area contributed by atoms with Crippen LogP contribution in [-0.4, -0.2) is 60.0 Å². The first-order valence-corrected chi connectivity index (χ1v) is 7.69. The van der Waals surface area contributed by atoms with Crippen molar-refractivity contribution < 1.29 is 19.1 Å². The van der Waals surface area contributed by atoms with Crippen molar-refractivity contribution in [3.05, 3.63) is 30.3 Å². The number of morpholine rings is 1. The molecule has 2 heterocycles. The first-order valence-electron chi connectivity index (χ1n) is 7.69. The highest BCUT2D eigenvalue weighted by atomic mass is 16.5. The van der Waals surface area contributed by atoms with Crippen molar-refractivity contribution in [3.8, 4) is 0 Å². The summed E-state index contributed by atoms with van der Waals surface area (Å²) in [6, 6.07) is 8.96. The number of urea groups is 1. The molecule has 1 aromatic carbocycles. The summed E-state index contributed by atoms with van der Waals surface area (Å²) in [4.78, 5) is 38.9. The predicted octanol–water partition coefficient (Wildman–Crippen LogP) is 1.07. The number of amides is 4. The number of carbonyl (C=O) groups is 3. The van der Waals surface area contributed by atoms with Gasteiger partial charge in [-0.15, -0.1) is 0 Å². The van der Waals surface area contributed by atoms with Gasteiger partial charge in [-0.1, -0.05) is 18.2 Å². The van der Waals surface area contributed by atoms with E-state index in [0.717, 1.165) is 5.69 Å². The molecule has 3 rings (SSSR count). The van der Waals surface area contributed by atoms with Gasteiger partial charge in [-0.05, 0) is 25.0 Å². The Morgan fingerprint density at radius 1 is 1.04 bits per heavy atom. The molecule has 2 fully saturated rings. The lowest BCUT2D eigenvalue weighted by molar-refractivity contribution is -0.162. The van der Waals surface area contributed by atoms with Crippen LogP contribution in [0.3, 0.4) is 0 Å². The Morgan fingerprint density at radius 2 is 1.65 bits per heavy atom. The number of ether oxygens (including phenoxy) is 1. The largest absolute Gasteiger partial charge is 0.362 e. The van der Waals surface area contributed by atoms with Crippen molar-refractivity contribution in [3.63, 3.8) is 0 Å². The smallest absolute Gasteiger partial charge is 0.321 e. The van der Waals surface area contributed by atoms with Crippen molar-refractivity contribution in [2.24, 2.45) is 0 Å². The van der Waals surface area contributed by atoms with E-state index >= 15 is 0 Å². The van der Waals surface area contributed by atoms with Crippen LogP contribution in [0.25, 0.3) is 0 Å². The van der Waals surface area contributed by atoms with E-state index in [4.69, 9.17) is 4.74 Å². The number of hydrogen-bond donors (Lipinski definition) is 1. The molecule has 1 aromatic rings. The molecule has 7 heteroatoms. The quantitative estimate of drug-likeness (QED) is 0.828. The number of rotatable bonds is 2. The lowest BCUT2D eigenvalue weighted by Gasteiger charge is -2.38. The maximum atomic E-state index is 12.2. The third-order valence-corrected chi connectivity index (χ3v) is 4.13. The van der Waals surface area contributed by atoms with Crippen molar-refractivity contribution in [1.29, 1.82) is 0 Å². The van der Waals surface area contributed by atoms with Gasteiger partial charge < -0.3 is 15.0 Å². The fraction of sp³-hybridized carbons (Fsp3) is 0.438. The molecular formula is C16H19N3O4. The van der Waals surface area contributed by atoms with Crippen molar-refractivity contribution in [1.82, 2.24) is 9.80 Å². The van der Waals surface area contributed by atoms with Crippen LogP contribution >= 0.6 is 0 Å². The van der Waals surface area contributed by atoms with Gasteiger partial charge in [-0.3, -0.25) is 14.5 Å². The molecule has 0 unspecified atom stereocenters. The van der Waals surface area contributed by atoms with Gasteiger partial charge in [0.05, 0.1) is 0 Å². The zero-order chi connectivity index (χ0) is 16.2. The van der Waals surface area contributed by atoms with E-state index in [0.29, 0.717) is 25.9 Å². The molecule has 7 nitrogen and oxygen atoms in total. The molecule has 2 aliphatic rings. The number of benzene rings is 1. The summed E-state index contributed by atoms with van der Waals surface area (Å²) in [6.45, 7) is 0.948. The molecule has 0 atom stereocenters. The van der Waals surface area contributed by atoms with Gasteiger partial charge in [0, 0.05) is 24.8 Å². The first-order chi connectivity index (χ1) is 11.1. The highest BCUT2D eigenvalue weighted by Crippen LogP contribution is 2.20. The molecule has 23 heavy (non-hydrogen) atoms. The van der Waals surface area contributed by atoms with Crippen LogP contribution in [0.15, 0.2) is 30.3 Å². The maximum Gasteiger partial charge on any atom is 0.321 e. The number of carbonyl (C=O) groups excluding carboxylic acids is 3. The summed E-state index contributed by atoms with van der Waals surface area (Å²) < 4.78 is 4.93. The predicted molar refractivity (Wildman–Crippen MR) is 82.7 cm³/mol. The van der Waals surface area contributed by atoms with E-state index in [1.54, 1.807) is 4.90 Å². The average Bonchev–Trinajstić information content (AvgIpc) is 2.56. The second-order valence-corrected chi connectivity index (χ2v) is 5.66. The van der Waals surface area contributed by atoms with Gasteiger partial charge in [-0.2, -0.15) is 0 Å². The van der Waals surface area contributed by atoms with Crippen LogP contribution in [0.5, 0.6) is 0 Å². The first kappa shape index (κ1) is 15.5. The minimum Gasteiger partial charge on any atom is -0.362 e. The molecule has 122 valence electrons. The molecule has 0 aromatic heterocycles. The maximum absolute atomic E-state index is 12.2. The minimum absolute atomic E-state index is 0.0412. The Balaban J connectivity index is 1.55. The third-order valence-electron chi connectivity index (χ3n) is 4.13. The van der Waals surface area contributed by atoms with Crippen LogP contribution in [0.1, 0.15) is 12.8 Å². The number of anilines is 1. The van der Waals surface area contributed by atoms with Gasteiger partial charge >= 0.3 is 6.03 Å². The number of piperidine rings is 1. The van der Waals surface area contributed by atoms with Gasteiger partial charge in [0.1, 0.15) is 13.2 Å². The van der Waals surface area contributed by atoms with E-state index < -0.39 is 0 Å². The highest BCUT2D eigenvalue weighted by molar-refractivity contribution is 5.98. The molecule has 0 saturated carbocycles. The van der Waals surface area contributed by atoms with Gasteiger partial charge in [0.25, 0.3) is 11.8 Å². The van der Waals surface area contributed by atoms with Crippen LogP contribution in [-0.2, 0) is 14.3 Å². The Hall–Kier alpha value is -2.41. The normalized spacial score (nSPS) is 19.8. The molecule has 2 saturated heterocycles. The Labute approximate surface area is 134 Å². The summed E-state index contributed by atoms with van der Waals surface area (Å²) in [5.41, 5.74) is 0.748. The van der Waals surface area contributed by atoms with E-state index in [1.807, 2.05) is 30.3 Å². The molecule has 0 spiro atoms. The molecule has 0 bridgehead atoms. The summed E-state index contributed by atoms with van der Waals surface area (Å²) in [5.74, 6) is -0.568. The van der Waals surface area contributed by atoms with E-state index in [9.17, 15) is 14.4 Å².